The first-order valence-corrected chi connectivity index (χ1v) is 17.1. The van der Waals surface area contributed by atoms with Crippen LogP contribution in [0.5, 0.6) is 5.75 Å². The van der Waals surface area contributed by atoms with E-state index in [0.717, 1.165) is 51.4 Å². The van der Waals surface area contributed by atoms with E-state index < -0.39 is 59.0 Å². The Labute approximate surface area is 272 Å². The highest BCUT2D eigenvalue weighted by molar-refractivity contribution is 6.11. The Balaban J connectivity index is 1.62. The number of likely N-dealkylation sites (tertiary alicyclic amines) is 1. The van der Waals surface area contributed by atoms with Crippen molar-refractivity contribution in [2.45, 2.75) is 127 Å². The van der Waals surface area contributed by atoms with Crippen LogP contribution in [0.4, 0.5) is 0 Å². The minimum Gasteiger partial charge on any atom is -0.508 e. The Bertz CT molecular complexity index is 1230. The maximum atomic E-state index is 14.7. The SMILES string of the molecule is C[C@H](N)C(=O)N[C@@H](Cc1ccc(O)cc1)C(=O)N1CCC[C@H]1C(=O)C(C1CCCCC1)[C@](N)([C]=O)C(=O)[C@H](N)CC1CCCCC1. The van der Waals surface area contributed by atoms with Gasteiger partial charge in [0.05, 0.1) is 24.0 Å². The monoisotopic (exact) mass is 638 g/mol. The first-order chi connectivity index (χ1) is 22.0. The Morgan fingerprint density at radius 1 is 0.957 bits per heavy atom. The molecule has 3 fully saturated rings. The number of hydrogen-bond donors (Lipinski definition) is 5. The summed E-state index contributed by atoms with van der Waals surface area (Å²) >= 11 is 0. The van der Waals surface area contributed by atoms with Crippen LogP contribution >= 0.6 is 0 Å². The van der Waals surface area contributed by atoms with Crippen molar-refractivity contribution >= 4 is 29.7 Å². The fourth-order valence-electron chi connectivity index (χ4n) is 7.86. The Hall–Kier alpha value is -3.15. The van der Waals surface area contributed by atoms with Crippen LogP contribution in [-0.2, 0) is 30.4 Å². The van der Waals surface area contributed by atoms with E-state index in [-0.39, 0.29) is 30.6 Å². The summed E-state index contributed by atoms with van der Waals surface area (Å²) in [7, 11) is 0. The van der Waals surface area contributed by atoms with Crippen LogP contribution < -0.4 is 22.5 Å². The molecule has 1 aromatic carbocycles. The highest BCUT2D eigenvalue weighted by Gasteiger charge is 2.54. The zero-order valence-corrected chi connectivity index (χ0v) is 27.1. The predicted molar refractivity (Wildman–Crippen MR) is 174 cm³/mol. The van der Waals surface area contributed by atoms with Crippen molar-refractivity contribution in [2.24, 2.45) is 35.0 Å². The minimum atomic E-state index is -2.22. The average molecular weight is 639 g/mol. The second-order valence-electron chi connectivity index (χ2n) is 13.9. The highest BCUT2D eigenvalue weighted by atomic mass is 16.3. The third kappa shape index (κ3) is 8.41. The molecule has 0 aromatic heterocycles. The number of nitrogens with two attached hydrogens (primary N) is 3. The number of phenols is 1. The van der Waals surface area contributed by atoms with Crippen LogP contribution in [0, 0.1) is 17.8 Å². The molecule has 11 nitrogen and oxygen atoms in total. The van der Waals surface area contributed by atoms with Gasteiger partial charge in [0.15, 0.2) is 17.1 Å². The number of nitrogens with zero attached hydrogens (tertiary/aromatic N) is 1. The van der Waals surface area contributed by atoms with Crippen LogP contribution in [-0.4, -0.2) is 75.9 Å². The zero-order valence-electron chi connectivity index (χ0n) is 27.1. The second-order valence-corrected chi connectivity index (χ2v) is 13.9. The van der Waals surface area contributed by atoms with E-state index in [9.17, 15) is 29.1 Å². The van der Waals surface area contributed by atoms with Crippen molar-refractivity contribution in [3.05, 3.63) is 29.8 Å². The molecule has 1 aliphatic heterocycles. The molecule has 2 aliphatic carbocycles. The van der Waals surface area contributed by atoms with Gasteiger partial charge in [-0.1, -0.05) is 63.5 Å². The fourth-order valence-corrected chi connectivity index (χ4v) is 7.86. The molecule has 46 heavy (non-hydrogen) atoms. The molecule has 1 unspecified atom stereocenters. The van der Waals surface area contributed by atoms with E-state index >= 15 is 0 Å². The van der Waals surface area contributed by atoms with E-state index in [4.69, 9.17) is 17.2 Å². The first kappa shape index (κ1) is 35.7. The summed E-state index contributed by atoms with van der Waals surface area (Å²) in [6, 6.07) is 2.49. The van der Waals surface area contributed by atoms with Crippen molar-refractivity contribution in [1.29, 1.82) is 0 Å². The lowest BCUT2D eigenvalue weighted by molar-refractivity contribution is -0.144. The molecule has 6 atom stereocenters. The number of amides is 2. The van der Waals surface area contributed by atoms with Gasteiger partial charge in [-0.3, -0.25) is 24.0 Å². The molecule has 4 rings (SSSR count). The summed E-state index contributed by atoms with van der Waals surface area (Å²) in [5, 5.41) is 12.5. The summed E-state index contributed by atoms with van der Waals surface area (Å²) in [5.41, 5.74) is 17.4. The number of ketones is 2. The lowest BCUT2D eigenvalue weighted by Crippen LogP contribution is -2.66. The van der Waals surface area contributed by atoms with Crippen molar-refractivity contribution in [3.63, 3.8) is 0 Å². The molecule has 0 bridgehead atoms. The van der Waals surface area contributed by atoms with Gasteiger partial charge >= 0.3 is 0 Å². The van der Waals surface area contributed by atoms with Crippen molar-refractivity contribution in [3.8, 4) is 5.75 Å². The van der Waals surface area contributed by atoms with Crippen LogP contribution in [0.3, 0.4) is 0 Å². The third-order valence-electron chi connectivity index (χ3n) is 10.4. The molecule has 1 heterocycles. The van der Waals surface area contributed by atoms with Gasteiger partial charge in [-0.25, -0.2) is 0 Å². The molecule has 1 saturated heterocycles. The molecule has 2 saturated carbocycles. The number of phenolic OH excluding ortho intramolecular Hbond substituents is 1. The van der Waals surface area contributed by atoms with E-state index in [2.05, 4.69) is 5.32 Å². The summed E-state index contributed by atoms with van der Waals surface area (Å²) < 4.78 is 0. The van der Waals surface area contributed by atoms with Gasteiger partial charge in [0, 0.05) is 13.0 Å². The van der Waals surface area contributed by atoms with Crippen LogP contribution in [0.15, 0.2) is 24.3 Å². The second kappa shape index (κ2) is 16.1. The summed E-state index contributed by atoms with van der Waals surface area (Å²) in [4.78, 5) is 69.7. The zero-order chi connectivity index (χ0) is 33.4. The largest absolute Gasteiger partial charge is 0.508 e. The lowest BCUT2D eigenvalue weighted by Gasteiger charge is -2.41. The van der Waals surface area contributed by atoms with Crippen LogP contribution in [0.2, 0.25) is 0 Å². The summed E-state index contributed by atoms with van der Waals surface area (Å²) in [5.74, 6) is -3.19. The fraction of sp³-hybridized carbons (Fsp3) is 0.686. The maximum Gasteiger partial charge on any atom is 0.246 e. The minimum absolute atomic E-state index is 0.0652. The van der Waals surface area contributed by atoms with Crippen LogP contribution in [0.25, 0.3) is 0 Å². The van der Waals surface area contributed by atoms with Gasteiger partial charge in [0.1, 0.15) is 11.8 Å². The Morgan fingerprint density at radius 3 is 2.15 bits per heavy atom. The molecule has 11 heteroatoms. The van der Waals surface area contributed by atoms with Crippen molar-refractivity contribution in [1.82, 2.24) is 10.2 Å². The summed E-state index contributed by atoms with van der Waals surface area (Å²) in [6.07, 6.45) is 12.4. The van der Waals surface area contributed by atoms with Gasteiger partial charge in [-0.2, -0.15) is 0 Å². The molecular weight excluding hydrogens is 586 g/mol. The standard InChI is InChI=1S/C35H52N5O6/c1-22(36)33(45)39-28(20-24-14-16-26(42)17-15-24)34(46)40-18-8-13-29(40)31(43)30(25-11-6-3-7-12-25)35(38,21-41)32(44)27(37)19-23-9-4-2-5-10-23/h14-17,22-23,25,27-30,42H,2-13,18-20,36-38H2,1H3,(H,39,45)/t22-,27+,28-,29-,30?,35+/m0/s1. The number of carbonyl (C=O) groups is 4. The molecule has 253 valence electrons. The van der Waals surface area contributed by atoms with Crippen molar-refractivity contribution in [2.75, 3.05) is 6.54 Å². The smallest absolute Gasteiger partial charge is 0.246 e. The number of Topliss-reactive ketones (excluding diaryl/α,β-unsaturated/α-hetero) is 2. The number of nitrogens with one attached hydrogen (secondary N) is 1. The van der Waals surface area contributed by atoms with Gasteiger partial charge in [0.25, 0.3) is 0 Å². The highest BCUT2D eigenvalue weighted by Crippen LogP contribution is 2.39. The van der Waals surface area contributed by atoms with Gasteiger partial charge < -0.3 is 32.5 Å². The van der Waals surface area contributed by atoms with Gasteiger partial charge in [-0.05, 0) is 68.6 Å². The molecule has 1 aromatic rings. The normalized spacial score (nSPS) is 23.5. The number of benzene rings is 1. The summed E-state index contributed by atoms with van der Waals surface area (Å²) in [6.45, 7) is 1.78. The van der Waals surface area contributed by atoms with Crippen molar-refractivity contribution < 1.29 is 29.1 Å². The average Bonchev–Trinajstić information content (AvgIpc) is 3.56. The Kier molecular flexibility index (Phi) is 12.5. The number of aromatic hydroxyl groups is 1. The van der Waals surface area contributed by atoms with E-state index in [1.807, 2.05) is 6.29 Å². The lowest BCUT2D eigenvalue weighted by atomic mass is 9.65. The molecule has 0 spiro atoms. The van der Waals surface area contributed by atoms with E-state index in [0.29, 0.717) is 37.7 Å². The molecule has 3 aliphatic rings. The topological polar surface area (TPSA) is 199 Å². The van der Waals surface area contributed by atoms with E-state index in [1.165, 1.54) is 24.0 Å². The first-order valence-electron chi connectivity index (χ1n) is 17.1. The Morgan fingerprint density at radius 2 is 1.57 bits per heavy atom. The van der Waals surface area contributed by atoms with E-state index in [1.54, 1.807) is 12.1 Å². The number of rotatable bonds is 14. The molecular formula is C35H52N5O6. The quantitative estimate of drug-likeness (QED) is 0.190. The predicted octanol–water partition coefficient (Wildman–Crippen LogP) is 2.20. The number of carbonyl (C=O) groups excluding carboxylic acids is 5. The third-order valence-corrected chi connectivity index (χ3v) is 10.4. The molecule has 2 amide bonds. The van der Waals surface area contributed by atoms with Gasteiger partial charge in [-0.15, -0.1) is 0 Å². The molecule has 8 N–H and O–H groups in total. The van der Waals surface area contributed by atoms with Gasteiger partial charge in [0.2, 0.25) is 18.1 Å². The maximum absolute atomic E-state index is 14.7. The molecule has 1 radical (unpaired) electrons. The van der Waals surface area contributed by atoms with Crippen LogP contribution in [0.1, 0.15) is 96.0 Å². The number of hydrogen-bond acceptors (Lipinski definition) is 9.